The van der Waals surface area contributed by atoms with E-state index in [-0.39, 0.29) is 11.7 Å². The Hall–Kier alpha value is -2.76. The third-order valence-electron chi connectivity index (χ3n) is 3.44. The number of carbonyl (C=O) groups is 1. The summed E-state index contributed by atoms with van der Waals surface area (Å²) in [7, 11) is 0. The molecule has 1 aromatic heterocycles. The van der Waals surface area contributed by atoms with Gasteiger partial charge in [-0.2, -0.15) is 0 Å². The van der Waals surface area contributed by atoms with E-state index >= 15 is 0 Å². The molecule has 2 heterocycles. The Morgan fingerprint density at radius 3 is 2.77 bits per heavy atom. The SMILES string of the molecule is C[C@]1(C(=O)Nc2cccnc2)CC(c2ccc(F)cc2)=NO1. The molecule has 1 atom stereocenters. The number of nitrogens with one attached hydrogen (secondary N) is 1. The summed E-state index contributed by atoms with van der Waals surface area (Å²) in [5, 5.41) is 6.71. The van der Waals surface area contributed by atoms with E-state index in [1.54, 1.807) is 43.6 Å². The number of halogens is 1. The first-order valence-corrected chi connectivity index (χ1v) is 6.79. The number of anilines is 1. The van der Waals surface area contributed by atoms with Gasteiger partial charge in [-0.15, -0.1) is 0 Å². The molecule has 1 aliphatic rings. The molecule has 2 aromatic rings. The number of rotatable bonds is 3. The lowest BCUT2D eigenvalue weighted by Crippen LogP contribution is -2.40. The van der Waals surface area contributed by atoms with Gasteiger partial charge in [0.15, 0.2) is 0 Å². The molecule has 0 radical (unpaired) electrons. The van der Waals surface area contributed by atoms with E-state index in [1.165, 1.54) is 12.1 Å². The molecule has 6 heteroatoms. The number of benzene rings is 1. The Morgan fingerprint density at radius 1 is 1.32 bits per heavy atom. The first kappa shape index (κ1) is 14.2. The van der Waals surface area contributed by atoms with Gasteiger partial charge in [-0.05, 0) is 36.8 Å². The van der Waals surface area contributed by atoms with Crippen molar-refractivity contribution in [2.24, 2.45) is 5.16 Å². The lowest BCUT2D eigenvalue weighted by Gasteiger charge is -2.20. The minimum atomic E-state index is -1.10. The van der Waals surface area contributed by atoms with E-state index in [0.717, 1.165) is 5.56 Å². The molecule has 0 unspecified atom stereocenters. The van der Waals surface area contributed by atoms with E-state index < -0.39 is 5.60 Å². The van der Waals surface area contributed by atoms with E-state index in [4.69, 9.17) is 4.84 Å². The maximum atomic E-state index is 13.0. The maximum absolute atomic E-state index is 13.0. The molecule has 1 aliphatic heterocycles. The largest absolute Gasteiger partial charge is 0.379 e. The zero-order valence-electron chi connectivity index (χ0n) is 11.9. The van der Waals surface area contributed by atoms with Gasteiger partial charge in [0.05, 0.1) is 17.6 Å². The van der Waals surface area contributed by atoms with Crippen molar-refractivity contribution >= 4 is 17.3 Å². The number of pyridine rings is 1. The number of nitrogens with zero attached hydrogens (tertiary/aromatic N) is 2. The van der Waals surface area contributed by atoms with Gasteiger partial charge in [-0.25, -0.2) is 4.39 Å². The lowest BCUT2D eigenvalue weighted by molar-refractivity contribution is -0.135. The normalized spacial score (nSPS) is 20.2. The van der Waals surface area contributed by atoms with Gasteiger partial charge in [0.25, 0.3) is 5.91 Å². The van der Waals surface area contributed by atoms with Crippen LogP contribution in [0, 0.1) is 5.82 Å². The molecular formula is C16H14FN3O2. The van der Waals surface area contributed by atoms with Crippen molar-refractivity contribution in [1.29, 1.82) is 0 Å². The Morgan fingerprint density at radius 2 is 2.09 bits per heavy atom. The van der Waals surface area contributed by atoms with E-state index in [0.29, 0.717) is 17.8 Å². The number of hydrogen-bond acceptors (Lipinski definition) is 4. The van der Waals surface area contributed by atoms with Crippen LogP contribution >= 0.6 is 0 Å². The third-order valence-corrected chi connectivity index (χ3v) is 3.44. The molecular weight excluding hydrogens is 285 g/mol. The predicted molar refractivity (Wildman–Crippen MR) is 79.9 cm³/mol. The summed E-state index contributed by atoms with van der Waals surface area (Å²) in [6.45, 7) is 1.67. The Kier molecular flexibility index (Phi) is 3.58. The fraction of sp³-hybridized carbons (Fsp3) is 0.188. The molecule has 3 rings (SSSR count). The summed E-state index contributed by atoms with van der Waals surface area (Å²) in [5.41, 5.74) is 0.843. The van der Waals surface area contributed by atoms with E-state index in [1.807, 2.05) is 0 Å². The summed E-state index contributed by atoms with van der Waals surface area (Å²) >= 11 is 0. The van der Waals surface area contributed by atoms with Crippen LogP contribution in [-0.2, 0) is 9.63 Å². The van der Waals surface area contributed by atoms with Gasteiger partial charge in [0.1, 0.15) is 5.82 Å². The number of amides is 1. The van der Waals surface area contributed by atoms with Crippen molar-refractivity contribution in [2.45, 2.75) is 18.9 Å². The molecule has 5 nitrogen and oxygen atoms in total. The zero-order valence-corrected chi connectivity index (χ0v) is 11.9. The zero-order chi connectivity index (χ0) is 15.6. The monoisotopic (exact) mass is 299 g/mol. The summed E-state index contributed by atoms with van der Waals surface area (Å²) in [4.78, 5) is 21.6. The molecule has 112 valence electrons. The second-order valence-corrected chi connectivity index (χ2v) is 5.24. The number of aromatic nitrogens is 1. The Bertz CT molecular complexity index is 716. The molecule has 0 bridgehead atoms. The van der Waals surface area contributed by atoms with Gasteiger partial charge in [0.2, 0.25) is 5.60 Å². The van der Waals surface area contributed by atoms with Gasteiger partial charge >= 0.3 is 0 Å². The van der Waals surface area contributed by atoms with Crippen LogP contribution in [0.5, 0.6) is 0 Å². The average Bonchev–Trinajstić information content (AvgIpc) is 2.93. The van der Waals surface area contributed by atoms with Crippen molar-refractivity contribution in [1.82, 2.24) is 4.98 Å². The van der Waals surface area contributed by atoms with Crippen LogP contribution in [0.15, 0.2) is 53.9 Å². The van der Waals surface area contributed by atoms with Crippen LogP contribution in [-0.4, -0.2) is 22.2 Å². The second-order valence-electron chi connectivity index (χ2n) is 5.24. The number of oxime groups is 1. The standard InChI is InChI=1S/C16H14FN3O2/c1-16(15(21)19-13-3-2-8-18-10-13)9-14(20-22-16)11-4-6-12(17)7-5-11/h2-8,10H,9H2,1H3,(H,19,21)/t16-/m1/s1. The van der Waals surface area contributed by atoms with Crippen molar-refractivity contribution in [3.8, 4) is 0 Å². The molecule has 0 spiro atoms. The summed E-state index contributed by atoms with van der Waals surface area (Å²) in [6.07, 6.45) is 3.49. The molecule has 22 heavy (non-hydrogen) atoms. The van der Waals surface area contributed by atoms with Crippen LogP contribution in [0.25, 0.3) is 0 Å². The van der Waals surface area contributed by atoms with E-state index in [2.05, 4.69) is 15.5 Å². The third kappa shape index (κ3) is 2.81. The molecule has 1 N–H and O–H groups in total. The minimum absolute atomic E-state index is 0.304. The maximum Gasteiger partial charge on any atom is 0.271 e. The van der Waals surface area contributed by atoms with Gasteiger partial charge in [-0.3, -0.25) is 9.78 Å². The fourth-order valence-corrected chi connectivity index (χ4v) is 2.16. The summed E-state index contributed by atoms with van der Waals surface area (Å²) in [5.74, 6) is -0.623. The van der Waals surface area contributed by atoms with Gasteiger partial charge in [-0.1, -0.05) is 17.3 Å². The van der Waals surface area contributed by atoms with E-state index in [9.17, 15) is 9.18 Å². The van der Waals surface area contributed by atoms with Crippen molar-refractivity contribution in [2.75, 3.05) is 5.32 Å². The van der Waals surface area contributed by atoms with Crippen LogP contribution in [0.1, 0.15) is 18.9 Å². The van der Waals surface area contributed by atoms with Gasteiger partial charge < -0.3 is 10.2 Å². The Labute approximate surface area is 126 Å². The first-order chi connectivity index (χ1) is 10.6. The molecule has 1 amide bonds. The average molecular weight is 299 g/mol. The number of carbonyl (C=O) groups excluding carboxylic acids is 1. The van der Waals surface area contributed by atoms with Crippen LogP contribution in [0.3, 0.4) is 0 Å². The van der Waals surface area contributed by atoms with Crippen LogP contribution in [0.4, 0.5) is 10.1 Å². The molecule has 1 aromatic carbocycles. The highest BCUT2D eigenvalue weighted by Gasteiger charge is 2.42. The van der Waals surface area contributed by atoms with Crippen molar-refractivity contribution < 1.29 is 14.0 Å². The predicted octanol–water partition coefficient (Wildman–Crippen LogP) is 2.74. The first-order valence-electron chi connectivity index (χ1n) is 6.79. The second kappa shape index (κ2) is 5.55. The minimum Gasteiger partial charge on any atom is -0.379 e. The topological polar surface area (TPSA) is 63.6 Å². The van der Waals surface area contributed by atoms with Crippen molar-refractivity contribution in [3.63, 3.8) is 0 Å². The van der Waals surface area contributed by atoms with Crippen LogP contribution < -0.4 is 5.32 Å². The fourth-order valence-electron chi connectivity index (χ4n) is 2.16. The summed E-state index contributed by atoms with van der Waals surface area (Å²) in [6, 6.07) is 9.40. The van der Waals surface area contributed by atoms with Crippen LogP contribution in [0.2, 0.25) is 0 Å². The molecule has 0 fully saturated rings. The van der Waals surface area contributed by atoms with Crippen molar-refractivity contribution in [3.05, 3.63) is 60.2 Å². The quantitative estimate of drug-likeness (QED) is 0.948. The highest BCUT2D eigenvalue weighted by atomic mass is 19.1. The molecule has 0 aliphatic carbocycles. The molecule has 0 saturated heterocycles. The Balaban J connectivity index is 1.71. The lowest BCUT2D eigenvalue weighted by atomic mass is 9.95. The van der Waals surface area contributed by atoms with Gasteiger partial charge in [0, 0.05) is 12.6 Å². The molecule has 0 saturated carbocycles. The smallest absolute Gasteiger partial charge is 0.271 e. The highest BCUT2D eigenvalue weighted by Crippen LogP contribution is 2.28. The summed E-state index contributed by atoms with van der Waals surface area (Å²) < 4.78 is 13.0. The highest BCUT2D eigenvalue weighted by molar-refractivity contribution is 6.07. The number of hydrogen-bond donors (Lipinski definition) is 1.